The Morgan fingerprint density at radius 2 is 2.16 bits per heavy atom. The Morgan fingerprint density at radius 3 is 2.74 bits per heavy atom. The van der Waals surface area contributed by atoms with Crippen molar-refractivity contribution >= 4 is 33.2 Å². The standard InChI is InChI=1S/C11H5BrClFN2O3/c12-8-2-1-7(4-10(8)14)19-11-9(13)3-6(5-15-11)16(17)18/h1-5H. The molecular weight excluding hydrogens is 342 g/mol. The molecule has 0 aliphatic rings. The van der Waals surface area contributed by atoms with Crippen molar-refractivity contribution in [1.82, 2.24) is 4.98 Å². The molecule has 0 aliphatic carbocycles. The van der Waals surface area contributed by atoms with Crippen LogP contribution >= 0.6 is 27.5 Å². The minimum absolute atomic E-state index is 0.0301. The summed E-state index contributed by atoms with van der Waals surface area (Å²) in [5.41, 5.74) is -0.251. The summed E-state index contributed by atoms with van der Waals surface area (Å²) in [6.07, 6.45) is 1.01. The third-order valence-electron chi connectivity index (χ3n) is 2.11. The molecular formula is C11H5BrClFN2O3. The molecule has 1 heterocycles. The van der Waals surface area contributed by atoms with E-state index < -0.39 is 10.7 Å². The number of hydrogen-bond donors (Lipinski definition) is 0. The number of rotatable bonds is 3. The zero-order valence-corrected chi connectivity index (χ0v) is 11.5. The van der Waals surface area contributed by atoms with E-state index in [9.17, 15) is 14.5 Å². The highest BCUT2D eigenvalue weighted by atomic mass is 79.9. The molecule has 0 spiro atoms. The number of hydrogen-bond acceptors (Lipinski definition) is 4. The fraction of sp³-hybridized carbons (Fsp3) is 0. The van der Waals surface area contributed by atoms with Crippen LogP contribution in [-0.4, -0.2) is 9.91 Å². The molecule has 2 rings (SSSR count). The van der Waals surface area contributed by atoms with Crippen LogP contribution in [0.3, 0.4) is 0 Å². The van der Waals surface area contributed by atoms with E-state index in [0.29, 0.717) is 4.47 Å². The summed E-state index contributed by atoms with van der Waals surface area (Å²) >= 11 is 8.81. The van der Waals surface area contributed by atoms with Crippen LogP contribution < -0.4 is 4.74 Å². The monoisotopic (exact) mass is 346 g/mol. The van der Waals surface area contributed by atoms with E-state index in [1.165, 1.54) is 12.1 Å². The third-order valence-corrected chi connectivity index (χ3v) is 3.02. The van der Waals surface area contributed by atoms with Gasteiger partial charge in [0.25, 0.3) is 5.69 Å². The average molecular weight is 348 g/mol. The Bertz CT molecular complexity index is 654. The lowest BCUT2D eigenvalue weighted by molar-refractivity contribution is -0.385. The number of benzene rings is 1. The Kier molecular flexibility index (Phi) is 3.96. The summed E-state index contributed by atoms with van der Waals surface area (Å²) in [4.78, 5) is 13.6. The topological polar surface area (TPSA) is 65.3 Å². The molecule has 1 aromatic carbocycles. The van der Waals surface area contributed by atoms with Gasteiger partial charge in [-0.2, -0.15) is 0 Å². The molecule has 0 radical (unpaired) electrons. The molecule has 0 bridgehead atoms. The van der Waals surface area contributed by atoms with Crippen molar-refractivity contribution < 1.29 is 14.1 Å². The zero-order valence-electron chi connectivity index (χ0n) is 9.14. The molecule has 0 aliphatic heterocycles. The van der Waals surface area contributed by atoms with E-state index in [0.717, 1.165) is 18.3 Å². The molecule has 0 atom stereocenters. The van der Waals surface area contributed by atoms with Crippen molar-refractivity contribution in [1.29, 1.82) is 0 Å². The fourth-order valence-corrected chi connectivity index (χ4v) is 1.69. The highest BCUT2D eigenvalue weighted by Crippen LogP contribution is 2.31. The third kappa shape index (κ3) is 3.18. The van der Waals surface area contributed by atoms with Crippen LogP contribution in [0.1, 0.15) is 0 Å². The van der Waals surface area contributed by atoms with Crippen molar-refractivity contribution in [2.75, 3.05) is 0 Å². The molecule has 0 unspecified atom stereocenters. The molecule has 8 heteroatoms. The van der Waals surface area contributed by atoms with E-state index >= 15 is 0 Å². The number of nitrogens with zero attached hydrogens (tertiary/aromatic N) is 2. The van der Waals surface area contributed by atoms with Gasteiger partial charge in [0.15, 0.2) is 0 Å². The predicted molar refractivity (Wildman–Crippen MR) is 70.1 cm³/mol. The SMILES string of the molecule is O=[N+]([O-])c1cnc(Oc2ccc(Br)c(F)c2)c(Cl)c1. The van der Waals surface area contributed by atoms with Crippen LogP contribution in [0.2, 0.25) is 5.02 Å². The molecule has 0 amide bonds. The molecule has 19 heavy (non-hydrogen) atoms. The lowest BCUT2D eigenvalue weighted by Crippen LogP contribution is -1.93. The van der Waals surface area contributed by atoms with Gasteiger partial charge in [-0.1, -0.05) is 11.6 Å². The zero-order chi connectivity index (χ0) is 14.0. The van der Waals surface area contributed by atoms with Crippen LogP contribution in [0.5, 0.6) is 11.6 Å². The Labute approximate surface area is 120 Å². The Balaban J connectivity index is 2.28. The van der Waals surface area contributed by atoms with E-state index in [2.05, 4.69) is 20.9 Å². The van der Waals surface area contributed by atoms with Crippen molar-refractivity contribution in [3.63, 3.8) is 0 Å². The smallest absolute Gasteiger partial charge is 0.289 e. The van der Waals surface area contributed by atoms with Crippen LogP contribution in [-0.2, 0) is 0 Å². The summed E-state index contributed by atoms with van der Waals surface area (Å²) in [5.74, 6) is -0.353. The first kappa shape index (κ1) is 13.7. The van der Waals surface area contributed by atoms with Crippen LogP contribution in [0, 0.1) is 15.9 Å². The fourth-order valence-electron chi connectivity index (χ4n) is 1.24. The van der Waals surface area contributed by atoms with Gasteiger partial charge in [-0.25, -0.2) is 9.37 Å². The summed E-state index contributed by atoms with van der Waals surface area (Å²) < 4.78 is 18.8. The van der Waals surface area contributed by atoms with Gasteiger partial charge in [-0.05, 0) is 28.1 Å². The van der Waals surface area contributed by atoms with Gasteiger partial charge in [-0.15, -0.1) is 0 Å². The van der Waals surface area contributed by atoms with Crippen molar-refractivity contribution in [3.8, 4) is 11.6 Å². The minimum Gasteiger partial charge on any atom is -0.437 e. The van der Waals surface area contributed by atoms with Gasteiger partial charge in [0, 0.05) is 12.1 Å². The Hall–Kier alpha value is -1.73. The highest BCUT2D eigenvalue weighted by Gasteiger charge is 2.13. The van der Waals surface area contributed by atoms with Crippen molar-refractivity contribution in [2.45, 2.75) is 0 Å². The maximum atomic E-state index is 13.3. The molecule has 1 aromatic heterocycles. The average Bonchev–Trinajstić information content (AvgIpc) is 2.36. The van der Waals surface area contributed by atoms with Gasteiger partial charge in [-0.3, -0.25) is 10.1 Å². The largest absolute Gasteiger partial charge is 0.437 e. The lowest BCUT2D eigenvalue weighted by Gasteiger charge is -2.06. The molecule has 0 saturated carbocycles. The van der Waals surface area contributed by atoms with Crippen LogP contribution in [0.4, 0.5) is 10.1 Å². The molecule has 0 fully saturated rings. The summed E-state index contributed by atoms with van der Waals surface area (Å²) in [6, 6.07) is 5.22. The molecule has 5 nitrogen and oxygen atoms in total. The second-order valence-corrected chi connectivity index (χ2v) is 4.68. The first-order valence-electron chi connectivity index (χ1n) is 4.90. The van der Waals surface area contributed by atoms with E-state index in [1.54, 1.807) is 0 Å². The minimum atomic E-state index is -0.623. The predicted octanol–water partition coefficient (Wildman–Crippen LogP) is 4.34. The first-order chi connectivity index (χ1) is 8.97. The Morgan fingerprint density at radius 1 is 1.42 bits per heavy atom. The van der Waals surface area contributed by atoms with Gasteiger partial charge in [0.1, 0.15) is 22.8 Å². The maximum Gasteiger partial charge on any atom is 0.289 e. The highest BCUT2D eigenvalue weighted by molar-refractivity contribution is 9.10. The molecule has 0 N–H and O–H groups in total. The molecule has 98 valence electrons. The van der Waals surface area contributed by atoms with Gasteiger partial charge >= 0.3 is 0 Å². The first-order valence-corrected chi connectivity index (χ1v) is 6.07. The number of halogens is 3. The number of pyridine rings is 1. The summed E-state index contributed by atoms with van der Waals surface area (Å²) in [6.45, 7) is 0. The van der Waals surface area contributed by atoms with Crippen LogP contribution in [0.15, 0.2) is 34.9 Å². The van der Waals surface area contributed by atoms with Gasteiger partial charge < -0.3 is 4.74 Å². The maximum absolute atomic E-state index is 13.3. The van der Waals surface area contributed by atoms with Crippen LogP contribution in [0.25, 0.3) is 0 Å². The van der Waals surface area contributed by atoms with Crippen molar-refractivity contribution in [2.24, 2.45) is 0 Å². The normalized spacial score (nSPS) is 10.3. The molecule has 2 aromatic rings. The second-order valence-electron chi connectivity index (χ2n) is 3.42. The van der Waals surface area contributed by atoms with E-state index in [4.69, 9.17) is 16.3 Å². The van der Waals surface area contributed by atoms with E-state index in [1.807, 2.05) is 0 Å². The van der Waals surface area contributed by atoms with E-state index in [-0.39, 0.29) is 22.3 Å². The summed E-state index contributed by atoms with van der Waals surface area (Å²) in [7, 11) is 0. The number of nitro groups is 1. The summed E-state index contributed by atoms with van der Waals surface area (Å²) in [5, 5.41) is 10.5. The second kappa shape index (κ2) is 5.50. The lowest BCUT2D eigenvalue weighted by atomic mass is 10.3. The quantitative estimate of drug-likeness (QED) is 0.612. The molecule has 0 saturated heterocycles. The van der Waals surface area contributed by atoms with Crippen molar-refractivity contribution in [3.05, 3.63) is 55.9 Å². The number of aromatic nitrogens is 1. The number of ether oxygens (including phenoxy) is 1. The van der Waals surface area contributed by atoms with Gasteiger partial charge in [0.2, 0.25) is 5.88 Å². The van der Waals surface area contributed by atoms with Gasteiger partial charge in [0.05, 0.1) is 9.40 Å².